The molecule has 0 aromatic heterocycles. The van der Waals surface area contributed by atoms with Crippen molar-refractivity contribution in [3.05, 3.63) is 53.1 Å². The van der Waals surface area contributed by atoms with Crippen LogP contribution >= 0.6 is 11.6 Å². The number of carbonyl (C=O) groups excluding carboxylic acids is 1. The summed E-state index contributed by atoms with van der Waals surface area (Å²) in [5.74, 6) is 1.57. The second-order valence-corrected chi connectivity index (χ2v) is 6.41. The second-order valence-electron chi connectivity index (χ2n) is 5.98. The number of rotatable bonds is 9. The van der Waals surface area contributed by atoms with Crippen LogP contribution in [-0.2, 0) is 11.3 Å². The Bertz CT molecular complexity index is 810. The minimum absolute atomic E-state index is 0.0649. The van der Waals surface area contributed by atoms with Crippen LogP contribution in [0.3, 0.4) is 0 Å². The third-order valence-electron chi connectivity index (χ3n) is 3.89. The van der Waals surface area contributed by atoms with Gasteiger partial charge in [0.25, 0.3) is 0 Å². The van der Waals surface area contributed by atoms with Gasteiger partial charge in [0.1, 0.15) is 0 Å². The van der Waals surface area contributed by atoms with Crippen molar-refractivity contribution < 1.29 is 14.3 Å². The average molecular weight is 405 g/mol. The molecule has 0 saturated carbocycles. The number of hydrogen-bond acceptors (Lipinski definition) is 4. The Morgan fingerprint density at radius 3 is 2.50 bits per heavy atom. The van der Waals surface area contributed by atoms with E-state index in [1.54, 1.807) is 38.5 Å². The van der Waals surface area contributed by atoms with Gasteiger partial charge in [-0.25, -0.2) is 4.99 Å². The van der Waals surface area contributed by atoms with Crippen LogP contribution in [0.1, 0.15) is 18.4 Å². The number of benzene rings is 2. The number of ether oxygens (including phenoxy) is 2. The SMILES string of the molecule is COc1ccc(CN=C(N)NCCCC(=O)Nc2ccc(Cl)cc2)cc1OC. The lowest BCUT2D eigenvalue weighted by molar-refractivity contribution is -0.116. The molecule has 7 nitrogen and oxygen atoms in total. The molecule has 0 fully saturated rings. The number of nitrogens with two attached hydrogens (primary N) is 1. The highest BCUT2D eigenvalue weighted by atomic mass is 35.5. The predicted molar refractivity (Wildman–Crippen MR) is 112 cm³/mol. The first-order valence-corrected chi connectivity index (χ1v) is 9.19. The zero-order valence-corrected chi connectivity index (χ0v) is 16.8. The fourth-order valence-electron chi connectivity index (χ4n) is 2.43. The first-order valence-electron chi connectivity index (χ1n) is 8.82. The zero-order valence-electron chi connectivity index (χ0n) is 16.0. The predicted octanol–water partition coefficient (Wildman–Crippen LogP) is 3.18. The number of nitrogens with one attached hydrogen (secondary N) is 2. The van der Waals surface area contributed by atoms with Gasteiger partial charge in [-0.3, -0.25) is 4.79 Å². The fourth-order valence-corrected chi connectivity index (χ4v) is 2.56. The van der Waals surface area contributed by atoms with Crippen LogP contribution in [0.2, 0.25) is 5.02 Å². The molecular formula is C20H25ClN4O3. The molecule has 0 saturated heterocycles. The molecule has 0 aliphatic heterocycles. The molecule has 2 aromatic carbocycles. The number of nitrogens with zero attached hydrogens (tertiary/aromatic N) is 1. The van der Waals surface area contributed by atoms with Gasteiger partial charge in [-0.2, -0.15) is 0 Å². The van der Waals surface area contributed by atoms with E-state index in [-0.39, 0.29) is 5.91 Å². The van der Waals surface area contributed by atoms with Crippen LogP contribution in [0.4, 0.5) is 5.69 Å². The lowest BCUT2D eigenvalue weighted by Crippen LogP contribution is -2.32. The van der Waals surface area contributed by atoms with E-state index in [1.807, 2.05) is 18.2 Å². The first kappa shape index (κ1) is 21.4. The van der Waals surface area contributed by atoms with Crippen molar-refractivity contribution in [2.75, 3.05) is 26.1 Å². The summed E-state index contributed by atoms with van der Waals surface area (Å²) in [5.41, 5.74) is 7.54. The molecule has 4 N–H and O–H groups in total. The average Bonchev–Trinajstić information content (AvgIpc) is 2.71. The smallest absolute Gasteiger partial charge is 0.224 e. The zero-order chi connectivity index (χ0) is 20.4. The van der Waals surface area contributed by atoms with Crippen LogP contribution < -0.4 is 25.8 Å². The van der Waals surface area contributed by atoms with Crippen molar-refractivity contribution in [1.82, 2.24) is 5.32 Å². The van der Waals surface area contributed by atoms with E-state index in [0.717, 1.165) is 11.3 Å². The molecule has 2 rings (SSSR count). The van der Waals surface area contributed by atoms with E-state index in [4.69, 9.17) is 26.8 Å². The van der Waals surface area contributed by atoms with Crippen molar-refractivity contribution in [1.29, 1.82) is 0 Å². The van der Waals surface area contributed by atoms with Crippen LogP contribution in [0, 0.1) is 0 Å². The van der Waals surface area contributed by atoms with Gasteiger partial charge < -0.3 is 25.8 Å². The molecule has 8 heteroatoms. The third-order valence-corrected chi connectivity index (χ3v) is 4.15. The maximum Gasteiger partial charge on any atom is 0.224 e. The highest BCUT2D eigenvalue weighted by molar-refractivity contribution is 6.30. The number of aliphatic imine (C=N–C) groups is 1. The van der Waals surface area contributed by atoms with Crippen molar-refractivity contribution in [3.8, 4) is 11.5 Å². The number of amides is 1. The molecule has 0 aliphatic carbocycles. The van der Waals surface area contributed by atoms with Gasteiger partial charge in [0.15, 0.2) is 17.5 Å². The highest BCUT2D eigenvalue weighted by Crippen LogP contribution is 2.27. The molecule has 0 spiro atoms. The normalized spacial score (nSPS) is 11.0. The Hall–Kier alpha value is -2.93. The number of hydrogen-bond donors (Lipinski definition) is 3. The third kappa shape index (κ3) is 7.00. The molecule has 0 bridgehead atoms. The topological polar surface area (TPSA) is 98.0 Å². The quantitative estimate of drug-likeness (QED) is 0.339. The van der Waals surface area contributed by atoms with E-state index in [9.17, 15) is 4.79 Å². The number of carbonyl (C=O) groups is 1. The van der Waals surface area contributed by atoms with Crippen LogP contribution in [-0.4, -0.2) is 32.6 Å². The summed E-state index contributed by atoms with van der Waals surface area (Å²) in [6, 6.07) is 12.6. The maximum absolute atomic E-state index is 11.9. The van der Waals surface area contributed by atoms with E-state index in [2.05, 4.69) is 15.6 Å². The van der Waals surface area contributed by atoms with E-state index in [1.165, 1.54) is 0 Å². The van der Waals surface area contributed by atoms with Crippen LogP contribution in [0.15, 0.2) is 47.5 Å². The minimum atomic E-state index is -0.0649. The Morgan fingerprint density at radius 2 is 1.82 bits per heavy atom. The molecule has 0 radical (unpaired) electrons. The van der Waals surface area contributed by atoms with Crippen molar-refractivity contribution in [2.24, 2.45) is 10.7 Å². The maximum atomic E-state index is 11.9. The molecule has 0 unspecified atom stereocenters. The van der Waals surface area contributed by atoms with Crippen molar-refractivity contribution >= 4 is 29.2 Å². The molecular weight excluding hydrogens is 380 g/mol. The first-order chi connectivity index (χ1) is 13.5. The van der Waals surface area contributed by atoms with Crippen molar-refractivity contribution in [2.45, 2.75) is 19.4 Å². The summed E-state index contributed by atoms with van der Waals surface area (Å²) in [6.45, 7) is 0.964. The van der Waals surface area contributed by atoms with Crippen LogP contribution in [0.25, 0.3) is 0 Å². The number of halogens is 1. The lowest BCUT2D eigenvalue weighted by Gasteiger charge is -2.09. The molecule has 1 amide bonds. The lowest BCUT2D eigenvalue weighted by atomic mass is 10.2. The molecule has 28 heavy (non-hydrogen) atoms. The monoisotopic (exact) mass is 404 g/mol. The summed E-state index contributed by atoms with van der Waals surface area (Å²) in [4.78, 5) is 16.2. The van der Waals surface area contributed by atoms with Crippen molar-refractivity contribution in [3.63, 3.8) is 0 Å². The Morgan fingerprint density at radius 1 is 1.11 bits per heavy atom. The van der Waals surface area contributed by atoms with Gasteiger partial charge in [-0.05, 0) is 48.4 Å². The van der Waals surface area contributed by atoms with Crippen LogP contribution in [0.5, 0.6) is 11.5 Å². The Kier molecular flexibility index (Phi) is 8.42. The van der Waals surface area contributed by atoms with E-state index in [0.29, 0.717) is 48.4 Å². The highest BCUT2D eigenvalue weighted by Gasteiger charge is 2.05. The van der Waals surface area contributed by atoms with Gasteiger partial charge in [0, 0.05) is 23.7 Å². The summed E-state index contributed by atoms with van der Waals surface area (Å²) in [7, 11) is 3.18. The van der Waals surface area contributed by atoms with Gasteiger partial charge in [-0.1, -0.05) is 17.7 Å². The Balaban J connectivity index is 1.71. The summed E-state index contributed by atoms with van der Waals surface area (Å²) >= 11 is 5.82. The molecule has 0 atom stereocenters. The van der Waals surface area contributed by atoms with Gasteiger partial charge in [0.2, 0.25) is 5.91 Å². The molecule has 2 aromatic rings. The van der Waals surface area contributed by atoms with Gasteiger partial charge >= 0.3 is 0 Å². The summed E-state index contributed by atoms with van der Waals surface area (Å²) in [6.07, 6.45) is 1.00. The number of methoxy groups -OCH3 is 2. The Labute approximate surface area is 169 Å². The number of anilines is 1. The molecule has 150 valence electrons. The largest absolute Gasteiger partial charge is 0.493 e. The standard InChI is InChI=1S/C20H25ClN4O3/c1-27-17-10-5-14(12-18(17)28-2)13-24-20(22)23-11-3-4-19(26)25-16-8-6-15(21)7-9-16/h5-10,12H,3-4,11,13H2,1-2H3,(H,25,26)(H3,22,23,24). The number of guanidine groups is 1. The second kappa shape index (κ2) is 11.0. The van der Waals surface area contributed by atoms with Gasteiger partial charge in [0.05, 0.1) is 20.8 Å². The summed E-state index contributed by atoms with van der Waals surface area (Å²) < 4.78 is 10.5. The molecule has 0 heterocycles. The fraction of sp³-hybridized carbons (Fsp3) is 0.300. The molecule has 0 aliphatic rings. The summed E-state index contributed by atoms with van der Waals surface area (Å²) in [5, 5.41) is 6.45. The minimum Gasteiger partial charge on any atom is -0.493 e. The van der Waals surface area contributed by atoms with E-state index < -0.39 is 0 Å². The van der Waals surface area contributed by atoms with E-state index >= 15 is 0 Å². The van der Waals surface area contributed by atoms with Gasteiger partial charge in [-0.15, -0.1) is 0 Å².